The smallest absolute Gasteiger partial charge is 0.371 e. The summed E-state index contributed by atoms with van der Waals surface area (Å²) in [5.74, 6) is -1.53. The molecule has 3 heterocycles. The summed E-state index contributed by atoms with van der Waals surface area (Å²) in [7, 11) is -3.81. The van der Waals surface area contributed by atoms with Crippen molar-refractivity contribution in [3.8, 4) is 0 Å². The first-order chi connectivity index (χ1) is 10.9. The molecule has 0 saturated heterocycles. The number of sulfonamides is 1. The summed E-state index contributed by atoms with van der Waals surface area (Å²) in [6, 6.07) is 2.85. The molecule has 23 heavy (non-hydrogen) atoms. The van der Waals surface area contributed by atoms with Crippen LogP contribution in [0.15, 0.2) is 26.8 Å². The number of rotatable bonds is 4. The van der Waals surface area contributed by atoms with E-state index in [0.29, 0.717) is 19.4 Å². The monoisotopic (exact) mass is 355 g/mol. The van der Waals surface area contributed by atoms with Crippen LogP contribution in [0.25, 0.3) is 0 Å². The van der Waals surface area contributed by atoms with Gasteiger partial charge in [0, 0.05) is 17.5 Å². The lowest BCUT2D eigenvalue weighted by atomic mass is 10.0. The Kier molecular flexibility index (Phi) is 4.07. The van der Waals surface area contributed by atoms with Crippen molar-refractivity contribution < 1.29 is 22.7 Å². The van der Waals surface area contributed by atoms with Crippen molar-refractivity contribution in [2.75, 3.05) is 6.54 Å². The maximum atomic E-state index is 13.0. The van der Waals surface area contributed by atoms with Crippen molar-refractivity contribution >= 4 is 27.3 Å². The van der Waals surface area contributed by atoms with E-state index in [4.69, 9.17) is 9.52 Å². The summed E-state index contributed by atoms with van der Waals surface area (Å²) in [5, 5.41) is 11.0. The number of thiophene rings is 1. The van der Waals surface area contributed by atoms with Crippen LogP contribution in [0.4, 0.5) is 0 Å². The lowest BCUT2D eigenvalue weighted by molar-refractivity contribution is 0.0661. The number of fused-ring (bicyclic) bond motifs is 1. The van der Waals surface area contributed by atoms with Crippen LogP contribution in [0.2, 0.25) is 0 Å². The Hall–Kier alpha value is -1.64. The maximum Gasteiger partial charge on any atom is 0.371 e. The van der Waals surface area contributed by atoms with Gasteiger partial charge in [0.05, 0.1) is 6.04 Å². The average Bonchev–Trinajstić information content (AvgIpc) is 3.12. The number of carbonyl (C=O) groups is 1. The molecule has 1 aliphatic rings. The summed E-state index contributed by atoms with van der Waals surface area (Å²) in [4.78, 5) is 12.2. The Morgan fingerprint density at radius 2 is 2.26 bits per heavy atom. The minimum atomic E-state index is -3.81. The van der Waals surface area contributed by atoms with Gasteiger partial charge in [0.2, 0.25) is 15.8 Å². The molecule has 3 rings (SSSR count). The van der Waals surface area contributed by atoms with E-state index in [1.165, 1.54) is 16.1 Å². The van der Waals surface area contributed by atoms with Crippen molar-refractivity contribution in [2.24, 2.45) is 0 Å². The molecule has 0 spiro atoms. The average molecular weight is 355 g/mol. The standard InChI is InChI=1S/C15H17NO5S2/c1-3-11-10-5-7-22-13(10)4-6-16(11)23(19,20)14-8-12(15(17)18)21-9(14)2/h5,7-8,11H,3-4,6H2,1-2H3,(H,17,18). The zero-order chi connectivity index (χ0) is 16.8. The summed E-state index contributed by atoms with van der Waals surface area (Å²) < 4.78 is 32.6. The van der Waals surface area contributed by atoms with Crippen molar-refractivity contribution in [1.29, 1.82) is 0 Å². The topological polar surface area (TPSA) is 87.8 Å². The minimum Gasteiger partial charge on any atom is -0.475 e. The molecular weight excluding hydrogens is 338 g/mol. The number of aromatic carboxylic acids is 1. The molecule has 124 valence electrons. The molecule has 0 radical (unpaired) electrons. The molecule has 2 aromatic rings. The quantitative estimate of drug-likeness (QED) is 0.911. The normalized spacial score (nSPS) is 18.8. The second-order valence-corrected chi connectivity index (χ2v) is 8.28. The highest BCUT2D eigenvalue weighted by Crippen LogP contribution is 2.39. The van der Waals surface area contributed by atoms with E-state index in [-0.39, 0.29) is 22.5 Å². The van der Waals surface area contributed by atoms with Crippen LogP contribution in [0.1, 0.15) is 46.1 Å². The molecule has 2 aromatic heterocycles. The highest BCUT2D eigenvalue weighted by atomic mass is 32.2. The van der Waals surface area contributed by atoms with Gasteiger partial charge in [0.15, 0.2) is 0 Å². The van der Waals surface area contributed by atoms with Gasteiger partial charge in [-0.05, 0) is 36.8 Å². The molecule has 0 bridgehead atoms. The van der Waals surface area contributed by atoms with E-state index >= 15 is 0 Å². The fourth-order valence-corrected chi connectivity index (χ4v) is 5.81. The lowest BCUT2D eigenvalue weighted by Crippen LogP contribution is -2.39. The fraction of sp³-hybridized carbons (Fsp3) is 0.400. The second kappa shape index (κ2) is 5.77. The van der Waals surface area contributed by atoms with Gasteiger partial charge in [0.25, 0.3) is 0 Å². The predicted molar refractivity (Wildman–Crippen MR) is 85.4 cm³/mol. The maximum absolute atomic E-state index is 13.0. The number of furan rings is 1. The van der Waals surface area contributed by atoms with E-state index in [1.807, 2.05) is 18.4 Å². The Morgan fingerprint density at radius 1 is 1.52 bits per heavy atom. The molecule has 0 saturated carbocycles. The molecule has 6 nitrogen and oxygen atoms in total. The number of hydrogen-bond acceptors (Lipinski definition) is 5. The van der Waals surface area contributed by atoms with Crippen LogP contribution in [-0.2, 0) is 16.4 Å². The van der Waals surface area contributed by atoms with Gasteiger partial charge in [0.1, 0.15) is 10.7 Å². The van der Waals surface area contributed by atoms with Gasteiger partial charge >= 0.3 is 5.97 Å². The molecule has 0 aromatic carbocycles. The van der Waals surface area contributed by atoms with Crippen LogP contribution in [-0.4, -0.2) is 30.3 Å². The van der Waals surface area contributed by atoms with E-state index in [0.717, 1.165) is 11.6 Å². The highest BCUT2D eigenvalue weighted by molar-refractivity contribution is 7.89. The van der Waals surface area contributed by atoms with Crippen LogP contribution in [0.3, 0.4) is 0 Å². The number of nitrogens with zero attached hydrogens (tertiary/aromatic N) is 1. The van der Waals surface area contributed by atoms with Crippen LogP contribution < -0.4 is 0 Å². The Labute approximate surface area is 138 Å². The van der Waals surface area contributed by atoms with Gasteiger partial charge in [-0.15, -0.1) is 11.3 Å². The van der Waals surface area contributed by atoms with Gasteiger partial charge in [-0.2, -0.15) is 4.31 Å². The zero-order valence-corrected chi connectivity index (χ0v) is 14.4. The first kappa shape index (κ1) is 16.2. The summed E-state index contributed by atoms with van der Waals surface area (Å²) in [6.07, 6.45) is 1.33. The van der Waals surface area contributed by atoms with Crippen molar-refractivity contribution in [3.05, 3.63) is 39.5 Å². The van der Waals surface area contributed by atoms with Gasteiger partial charge in [-0.3, -0.25) is 0 Å². The van der Waals surface area contributed by atoms with Crippen molar-refractivity contribution in [2.45, 2.75) is 37.6 Å². The molecule has 0 fully saturated rings. The van der Waals surface area contributed by atoms with Gasteiger partial charge in [-0.25, -0.2) is 13.2 Å². The fourth-order valence-electron chi connectivity index (χ4n) is 3.04. The SMILES string of the molecule is CCC1c2ccsc2CCN1S(=O)(=O)c1cc(C(=O)O)oc1C. The van der Waals surface area contributed by atoms with Gasteiger partial charge in [-0.1, -0.05) is 6.92 Å². The number of hydrogen-bond donors (Lipinski definition) is 1. The lowest BCUT2D eigenvalue weighted by Gasteiger charge is -2.34. The van der Waals surface area contributed by atoms with E-state index in [1.54, 1.807) is 11.3 Å². The van der Waals surface area contributed by atoms with Crippen molar-refractivity contribution in [3.63, 3.8) is 0 Å². The zero-order valence-electron chi connectivity index (χ0n) is 12.8. The Balaban J connectivity index is 2.05. The van der Waals surface area contributed by atoms with E-state index in [9.17, 15) is 13.2 Å². The largest absolute Gasteiger partial charge is 0.475 e. The third kappa shape index (κ3) is 2.60. The second-order valence-electron chi connectivity index (χ2n) is 5.43. The van der Waals surface area contributed by atoms with Crippen LogP contribution in [0, 0.1) is 6.92 Å². The van der Waals surface area contributed by atoms with E-state index < -0.39 is 16.0 Å². The summed E-state index contributed by atoms with van der Waals surface area (Å²) in [5.41, 5.74) is 1.05. The summed E-state index contributed by atoms with van der Waals surface area (Å²) >= 11 is 1.65. The van der Waals surface area contributed by atoms with Crippen LogP contribution >= 0.6 is 11.3 Å². The highest BCUT2D eigenvalue weighted by Gasteiger charge is 2.38. The molecular formula is C15H17NO5S2. The third-order valence-electron chi connectivity index (χ3n) is 4.10. The van der Waals surface area contributed by atoms with Gasteiger partial charge < -0.3 is 9.52 Å². The molecule has 1 unspecified atom stereocenters. The number of carboxylic acids is 1. The number of aryl methyl sites for hydroxylation is 1. The number of carboxylic acid groups (broad SMARTS) is 1. The first-order valence-corrected chi connectivity index (χ1v) is 9.60. The third-order valence-corrected chi connectivity index (χ3v) is 7.11. The molecule has 0 amide bonds. The minimum absolute atomic E-state index is 0.0629. The molecule has 0 aliphatic carbocycles. The van der Waals surface area contributed by atoms with Crippen molar-refractivity contribution in [1.82, 2.24) is 4.31 Å². The Morgan fingerprint density at radius 3 is 2.87 bits per heavy atom. The molecule has 8 heteroatoms. The summed E-state index contributed by atoms with van der Waals surface area (Å²) in [6.45, 7) is 3.81. The predicted octanol–water partition coefficient (Wildman–Crippen LogP) is 3.05. The molecule has 1 atom stereocenters. The molecule has 1 N–H and O–H groups in total. The first-order valence-electron chi connectivity index (χ1n) is 7.28. The molecule has 1 aliphatic heterocycles. The van der Waals surface area contributed by atoms with Crippen LogP contribution in [0.5, 0.6) is 0 Å². The van der Waals surface area contributed by atoms with E-state index in [2.05, 4.69) is 0 Å². The Bertz CT molecular complexity index is 849.